The summed E-state index contributed by atoms with van der Waals surface area (Å²) in [5.41, 5.74) is 0.337. The van der Waals surface area contributed by atoms with Gasteiger partial charge in [0.05, 0.1) is 12.6 Å². The lowest BCUT2D eigenvalue weighted by molar-refractivity contribution is -0.165. The SMILES string of the molecule is CCO[C@H]1C[C@@H](N(C)CC(=O)N2CCCCCC2)C12CCCC2. The molecule has 1 aliphatic heterocycles. The third kappa shape index (κ3) is 3.43. The van der Waals surface area contributed by atoms with Gasteiger partial charge in [-0.3, -0.25) is 9.69 Å². The summed E-state index contributed by atoms with van der Waals surface area (Å²) < 4.78 is 6.01. The van der Waals surface area contributed by atoms with Crippen molar-refractivity contribution in [2.45, 2.75) is 76.9 Å². The highest BCUT2D eigenvalue weighted by Gasteiger charge is 2.58. The van der Waals surface area contributed by atoms with Crippen molar-refractivity contribution in [3.63, 3.8) is 0 Å². The van der Waals surface area contributed by atoms with E-state index in [1.807, 2.05) is 0 Å². The first kappa shape index (κ1) is 17.2. The third-order valence-corrected chi connectivity index (χ3v) is 6.52. The zero-order chi connectivity index (χ0) is 16.3. The van der Waals surface area contributed by atoms with Gasteiger partial charge in [-0.25, -0.2) is 0 Å². The number of hydrogen-bond donors (Lipinski definition) is 0. The van der Waals surface area contributed by atoms with Gasteiger partial charge >= 0.3 is 0 Å². The van der Waals surface area contributed by atoms with Gasteiger partial charge < -0.3 is 9.64 Å². The summed E-state index contributed by atoms with van der Waals surface area (Å²) in [5, 5.41) is 0. The molecule has 0 aromatic rings. The fourth-order valence-electron chi connectivity index (χ4n) is 5.21. The Labute approximate surface area is 141 Å². The molecular weight excluding hydrogens is 288 g/mol. The summed E-state index contributed by atoms with van der Waals surface area (Å²) in [6.07, 6.45) is 11.7. The monoisotopic (exact) mass is 322 g/mol. The number of likely N-dealkylation sites (tertiary alicyclic amines) is 1. The second-order valence-electron chi connectivity index (χ2n) is 7.85. The van der Waals surface area contributed by atoms with Crippen molar-refractivity contribution >= 4 is 5.91 Å². The van der Waals surface area contributed by atoms with E-state index in [-0.39, 0.29) is 0 Å². The van der Waals surface area contributed by atoms with Gasteiger partial charge in [0.2, 0.25) is 5.91 Å². The number of carbonyl (C=O) groups excluding carboxylic acids is 1. The van der Waals surface area contributed by atoms with Crippen LogP contribution in [0, 0.1) is 5.41 Å². The normalized spacial score (nSPS) is 30.5. The molecule has 0 aromatic heterocycles. The van der Waals surface area contributed by atoms with E-state index in [9.17, 15) is 4.79 Å². The fourth-order valence-corrected chi connectivity index (χ4v) is 5.21. The molecule has 0 N–H and O–H groups in total. The molecule has 23 heavy (non-hydrogen) atoms. The first-order valence-corrected chi connectivity index (χ1v) is 9.77. The molecule has 3 rings (SSSR count). The maximum Gasteiger partial charge on any atom is 0.236 e. The van der Waals surface area contributed by atoms with Crippen molar-refractivity contribution in [3.8, 4) is 0 Å². The number of rotatable bonds is 5. The molecule has 1 heterocycles. The Bertz CT molecular complexity index is 398. The van der Waals surface area contributed by atoms with Crippen LogP contribution >= 0.6 is 0 Å². The van der Waals surface area contributed by atoms with Gasteiger partial charge in [0.1, 0.15) is 0 Å². The lowest BCUT2D eigenvalue weighted by Crippen LogP contribution is -2.64. The molecule has 2 aliphatic carbocycles. The van der Waals surface area contributed by atoms with Crippen molar-refractivity contribution < 1.29 is 9.53 Å². The average molecular weight is 322 g/mol. The Morgan fingerprint density at radius 3 is 2.39 bits per heavy atom. The van der Waals surface area contributed by atoms with Crippen molar-refractivity contribution in [1.29, 1.82) is 0 Å². The van der Waals surface area contributed by atoms with E-state index >= 15 is 0 Å². The van der Waals surface area contributed by atoms with Crippen LogP contribution in [0.1, 0.15) is 64.7 Å². The topological polar surface area (TPSA) is 32.8 Å². The molecule has 0 radical (unpaired) electrons. The van der Waals surface area contributed by atoms with Gasteiger partial charge in [0.15, 0.2) is 0 Å². The Kier molecular flexibility index (Phi) is 5.63. The summed E-state index contributed by atoms with van der Waals surface area (Å²) in [6.45, 7) is 5.43. The minimum atomic E-state index is 0.336. The average Bonchev–Trinajstić information content (AvgIpc) is 2.90. The standard InChI is InChI=1S/C19H34N2O2/c1-3-23-17-14-16(19(17)10-6-7-11-19)20(2)15-18(22)21-12-8-4-5-9-13-21/h16-17H,3-15H2,1-2H3/t16-,17+/m1/s1. The number of amides is 1. The molecule has 3 aliphatic rings. The molecular formula is C19H34N2O2. The number of likely N-dealkylation sites (N-methyl/N-ethyl adjacent to an activating group) is 1. The Hall–Kier alpha value is -0.610. The van der Waals surface area contributed by atoms with Crippen molar-refractivity contribution in [1.82, 2.24) is 9.80 Å². The van der Waals surface area contributed by atoms with Crippen LogP contribution in [0.4, 0.5) is 0 Å². The first-order valence-electron chi connectivity index (χ1n) is 9.77. The molecule has 4 heteroatoms. The number of nitrogens with zero attached hydrogens (tertiary/aromatic N) is 2. The summed E-state index contributed by atoms with van der Waals surface area (Å²) in [7, 11) is 2.16. The van der Waals surface area contributed by atoms with Gasteiger partial charge in [0.25, 0.3) is 0 Å². The summed E-state index contributed by atoms with van der Waals surface area (Å²) in [6, 6.07) is 0.539. The molecule has 0 aromatic carbocycles. The minimum Gasteiger partial charge on any atom is -0.378 e. The predicted molar refractivity (Wildman–Crippen MR) is 92.4 cm³/mol. The van der Waals surface area contributed by atoms with E-state index in [1.165, 1.54) is 51.4 Å². The summed E-state index contributed by atoms with van der Waals surface area (Å²) in [4.78, 5) is 17.1. The lowest BCUT2D eigenvalue weighted by atomic mass is 9.60. The van der Waals surface area contributed by atoms with Crippen LogP contribution in [0.25, 0.3) is 0 Å². The smallest absolute Gasteiger partial charge is 0.236 e. The predicted octanol–water partition coefficient (Wildman–Crippen LogP) is 3.06. The van der Waals surface area contributed by atoms with Gasteiger partial charge in [-0.1, -0.05) is 25.7 Å². The van der Waals surface area contributed by atoms with Gasteiger partial charge in [-0.05, 0) is 46.1 Å². The van der Waals surface area contributed by atoms with Crippen LogP contribution in [0.5, 0.6) is 0 Å². The lowest BCUT2D eigenvalue weighted by Gasteiger charge is -2.57. The molecule has 3 fully saturated rings. The second-order valence-corrected chi connectivity index (χ2v) is 7.85. The molecule has 1 amide bonds. The van der Waals surface area contributed by atoms with Crippen molar-refractivity contribution in [2.75, 3.05) is 33.3 Å². The molecule has 0 bridgehead atoms. The van der Waals surface area contributed by atoms with E-state index in [1.54, 1.807) is 0 Å². The molecule has 1 saturated heterocycles. The Balaban J connectivity index is 1.57. The quantitative estimate of drug-likeness (QED) is 0.780. The summed E-state index contributed by atoms with van der Waals surface area (Å²) >= 11 is 0. The van der Waals surface area contributed by atoms with Gasteiger partial charge in [-0.2, -0.15) is 0 Å². The van der Waals surface area contributed by atoms with Gasteiger partial charge in [0, 0.05) is 31.2 Å². The zero-order valence-electron chi connectivity index (χ0n) is 15.1. The third-order valence-electron chi connectivity index (χ3n) is 6.52. The number of hydrogen-bond acceptors (Lipinski definition) is 3. The second kappa shape index (κ2) is 7.52. The Morgan fingerprint density at radius 1 is 1.13 bits per heavy atom. The van der Waals surface area contributed by atoms with Crippen LogP contribution in [-0.2, 0) is 9.53 Å². The molecule has 2 atom stereocenters. The molecule has 2 saturated carbocycles. The van der Waals surface area contributed by atoms with E-state index in [0.717, 1.165) is 26.1 Å². The maximum absolute atomic E-state index is 12.7. The zero-order valence-corrected chi connectivity index (χ0v) is 15.1. The molecule has 4 nitrogen and oxygen atoms in total. The molecule has 0 unspecified atom stereocenters. The van der Waals surface area contributed by atoms with Crippen LogP contribution in [0.3, 0.4) is 0 Å². The molecule has 132 valence electrons. The maximum atomic E-state index is 12.7. The highest BCUT2D eigenvalue weighted by molar-refractivity contribution is 5.78. The van der Waals surface area contributed by atoms with Crippen LogP contribution in [-0.4, -0.2) is 61.1 Å². The highest BCUT2D eigenvalue weighted by atomic mass is 16.5. The highest BCUT2D eigenvalue weighted by Crippen LogP contribution is 2.56. The van der Waals surface area contributed by atoms with Crippen LogP contribution < -0.4 is 0 Å². The summed E-state index contributed by atoms with van der Waals surface area (Å²) in [5.74, 6) is 0.336. The van der Waals surface area contributed by atoms with Crippen molar-refractivity contribution in [3.05, 3.63) is 0 Å². The Morgan fingerprint density at radius 2 is 1.78 bits per heavy atom. The first-order chi connectivity index (χ1) is 11.2. The van der Waals surface area contributed by atoms with E-state index in [4.69, 9.17) is 4.74 Å². The van der Waals surface area contributed by atoms with Crippen molar-refractivity contribution in [2.24, 2.45) is 5.41 Å². The van der Waals surface area contributed by atoms with Crippen LogP contribution in [0.15, 0.2) is 0 Å². The van der Waals surface area contributed by atoms with E-state index < -0.39 is 0 Å². The van der Waals surface area contributed by atoms with E-state index in [2.05, 4.69) is 23.8 Å². The fraction of sp³-hybridized carbons (Fsp3) is 0.947. The van der Waals surface area contributed by atoms with E-state index in [0.29, 0.717) is 30.0 Å². The number of carbonyl (C=O) groups is 1. The van der Waals surface area contributed by atoms with Gasteiger partial charge in [-0.15, -0.1) is 0 Å². The largest absolute Gasteiger partial charge is 0.378 e. The minimum absolute atomic E-state index is 0.336. The molecule has 1 spiro atoms. The number of ether oxygens (including phenoxy) is 1. The van der Waals surface area contributed by atoms with Crippen LogP contribution in [0.2, 0.25) is 0 Å².